The van der Waals surface area contributed by atoms with E-state index in [0.29, 0.717) is 33.6 Å². The van der Waals surface area contributed by atoms with E-state index in [0.717, 1.165) is 0 Å². The number of carbonyl (C=O) groups excluding carboxylic acids is 2. The van der Waals surface area contributed by atoms with Gasteiger partial charge in [-0.2, -0.15) is 0 Å². The molecule has 0 aromatic heterocycles. The molecular formula is C22H21ClN6O2. The van der Waals surface area contributed by atoms with Gasteiger partial charge in [0, 0.05) is 33.6 Å². The third-order valence-electron chi connectivity index (χ3n) is 4.27. The summed E-state index contributed by atoms with van der Waals surface area (Å²) in [5.41, 5.74) is 13.7. The molecule has 3 rings (SSSR count). The van der Waals surface area contributed by atoms with Crippen molar-refractivity contribution in [3.8, 4) is 0 Å². The van der Waals surface area contributed by atoms with E-state index in [2.05, 4.69) is 10.6 Å². The van der Waals surface area contributed by atoms with Crippen molar-refractivity contribution in [1.29, 1.82) is 10.8 Å². The molecule has 0 radical (unpaired) electrons. The van der Waals surface area contributed by atoms with Crippen LogP contribution >= 0.6 is 12.4 Å². The second-order valence-corrected chi connectivity index (χ2v) is 6.47. The number of hydrogen-bond donors (Lipinski definition) is 6. The summed E-state index contributed by atoms with van der Waals surface area (Å²) < 4.78 is 0. The summed E-state index contributed by atoms with van der Waals surface area (Å²) in [4.78, 5) is 24.9. The van der Waals surface area contributed by atoms with Crippen molar-refractivity contribution in [2.24, 2.45) is 11.5 Å². The molecule has 3 aromatic carbocycles. The molecule has 31 heavy (non-hydrogen) atoms. The zero-order chi connectivity index (χ0) is 21.7. The third kappa shape index (κ3) is 5.91. The monoisotopic (exact) mass is 436 g/mol. The Labute approximate surface area is 185 Å². The molecule has 0 saturated carbocycles. The minimum atomic E-state index is -0.350. The lowest BCUT2D eigenvalue weighted by molar-refractivity contribution is 0.101. The molecular weight excluding hydrogens is 416 g/mol. The van der Waals surface area contributed by atoms with Gasteiger partial charge in [0.05, 0.1) is 0 Å². The van der Waals surface area contributed by atoms with Gasteiger partial charge in [-0.1, -0.05) is 24.3 Å². The first-order valence-electron chi connectivity index (χ1n) is 8.95. The molecule has 2 amide bonds. The first-order chi connectivity index (χ1) is 14.3. The molecule has 0 aliphatic carbocycles. The van der Waals surface area contributed by atoms with Crippen LogP contribution in [0.1, 0.15) is 31.8 Å². The topological polar surface area (TPSA) is 158 Å². The average molecular weight is 437 g/mol. The number of halogens is 1. The number of amides is 2. The standard InChI is InChI=1S/C22H20N6O2.ClH/c23-19(24)15-3-1-5-17(11-15)27-21(29)13-7-9-14(10-8-13)22(30)28-18-6-2-4-16(12-18)20(25)26;/h1-12H,(H3,23,24)(H3,25,26)(H,27,29)(H,28,30);1H. The van der Waals surface area contributed by atoms with Crippen molar-refractivity contribution in [1.82, 2.24) is 0 Å². The normalized spacial score (nSPS) is 9.81. The highest BCUT2D eigenvalue weighted by molar-refractivity contribution is 6.08. The van der Waals surface area contributed by atoms with Gasteiger partial charge in [-0.3, -0.25) is 20.4 Å². The molecule has 0 bridgehead atoms. The summed E-state index contributed by atoms with van der Waals surface area (Å²) in [5.74, 6) is -0.876. The number of nitrogens with one attached hydrogen (secondary N) is 4. The van der Waals surface area contributed by atoms with Crippen molar-refractivity contribution in [3.63, 3.8) is 0 Å². The number of hydrogen-bond acceptors (Lipinski definition) is 4. The van der Waals surface area contributed by atoms with Gasteiger partial charge in [0.25, 0.3) is 11.8 Å². The van der Waals surface area contributed by atoms with Gasteiger partial charge in [-0.05, 0) is 48.5 Å². The van der Waals surface area contributed by atoms with E-state index in [-0.39, 0.29) is 35.9 Å². The van der Waals surface area contributed by atoms with Crippen LogP contribution in [0.15, 0.2) is 72.8 Å². The summed E-state index contributed by atoms with van der Waals surface area (Å²) in [6.07, 6.45) is 0. The highest BCUT2D eigenvalue weighted by Crippen LogP contribution is 2.15. The van der Waals surface area contributed by atoms with Crippen LogP contribution in [-0.2, 0) is 0 Å². The van der Waals surface area contributed by atoms with E-state index < -0.39 is 0 Å². The number of nitrogens with two attached hydrogens (primary N) is 2. The summed E-state index contributed by atoms with van der Waals surface area (Å²) in [5, 5.41) is 20.4. The molecule has 3 aromatic rings. The fraction of sp³-hybridized carbons (Fsp3) is 0. The van der Waals surface area contributed by atoms with E-state index in [1.54, 1.807) is 72.8 Å². The smallest absolute Gasteiger partial charge is 0.255 e. The van der Waals surface area contributed by atoms with Crippen molar-refractivity contribution in [2.75, 3.05) is 10.6 Å². The summed E-state index contributed by atoms with van der Waals surface area (Å²) in [7, 11) is 0. The number of benzene rings is 3. The molecule has 8 N–H and O–H groups in total. The Morgan fingerprint density at radius 3 is 1.29 bits per heavy atom. The first-order valence-corrected chi connectivity index (χ1v) is 8.95. The first kappa shape index (κ1) is 23.1. The van der Waals surface area contributed by atoms with E-state index in [1.165, 1.54) is 0 Å². The zero-order valence-corrected chi connectivity index (χ0v) is 17.1. The maximum Gasteiger partial charge on any atom is 0.255 e. The zero-order valence-electron chi connectivity index (χ0n) is 16.3. The second kappa shape index (κ2) is 10.0. The average Bonchev–Trinajstić information content (AvgIpc) is 2.74. The fourth-order valence-corrected chi connectivity index (χ4v) is 2.71. The van der Waals surface area contributed by atoms with Crippen LogP contribution < -0.4 is 22.1 Å². The molecule has 0 unspecified atom stereocenters. The van der Waals surface area contributed by atoms with E-state index >= 15 is 0 Å². The number of rotatable bonds is 6. The van der Waals surface area contributed by atoms with Crippen LogP contribution in [0.4, 0.5) is 11.4 Å². The predicted molar refractivity (Wildman–Crippen MR) is 125 cm³/mol. The summed E-state index contributed by atoms with van der Waals surface area (Å²) in [6, 6.07) is 19.5. The van der Waals surface area contributed by atoms with Crippen molar-refractivity contribution in [2.45, 2.75) is 0 Å². The maximum atomic E-state index is 12.4. The second-order valence-electron chi connectivity index (χ2n) is 6.47. The third-order valence-corrected chi connectivity index (χ3v) is 4.27. The number of anilines is 2. The minimum absolute atomic E-state index is 0. The van der Waals surface area contributed by atoms with Gasteiger partial charge in [0.1, 0.15) is 11.7 Å². The Bertz CT molecular complexity index is 1050. The fourth-order valence-electron chi connectivity index (χ4n) is 2.71. The van der Waals surface area contributed by atoms with Gasteiger partial charge >= 0.3 is 0 Å². The Morgan fingerprint density at radius 1 is 0.613 bits per heavy atom. The lowest BCUT2D eigenvalue weighted by atomic mass is 10.1. The molecule has 9 heteroatoms. The molecule has 0 fully saturated rings. The van der Waals surface area contributed by atoms with E-state index in [4.69, 9.17) is 22.3 Å². The Kier molecular flexibility index (Phi) is 7.48. The molecule has 0 aliphatic heterocycles. The number of nitrogen functional groups attached to an aromatic ring is 2. The highest BCUT2D eigenvalue weighted by atomic mass is 35.5. The van der Waals surface area contributed by atoms with Crippen LogP contribution in [0.2, 0.25) is 0 Å². The Hall–Kier alpha value is -4.17. The van der Waals surface area contributed by atoms with Gasteiger partial charge in [-0.15, -0.1) is 12.4 Å². The lowest BCUT2D eigenvalue weighted by Gasteiger charge is -2.09. The summed E-state index contributed by atoms with van der Waals surface area (Å²) >= 11 is 0. The molecule has 0 atom stereocenters. The SMILES string of the molecule is Cl.N=C(N)c1cccc(NC(=O)c2ccc(C(=O)Nc3cccc(C(=N)N)c3)cc2)c1. The molecule has 0 spiro atoms. The minimum Gasteiger partial charge on any atom is -0.384 e. The van der Waals surface area contributed by atoms with Crippen LogP contribution in [0.25, 0.3) is 0 Å². The molecule has 158 valence electrons. The van der Waals surface area contributed by atoms with Crippen LogP contribution in [0, 0.1) is 10.8 Å². The quantitative estimate of drug-likeness (QED) is 0.259. The van der Waals surface area contributed by atoms with Gasteiger partial charge in [-0.25, -0.2) is 0 Å². The Balaban J connectivity index is 0.00000341. The van der Waals surface area contributed by atoms with Crippen LogP contribution in [0.5, 0.6) is 0 Å². The number of amidine groups is 2. The molecule has 0 aliphatic rings. The molecule has 0 saturated heterocycles. The maximum absolute atomic E-state index is 12.4. The predicted octanol–water partition coefficient (Wildman–Crippen LogP) is 3.18. The van der Waals surface area contributed by atoms with Gasteiger partial charge in [0.15, 0.2) is 0 Å². The van der Waals surface area contributed by atoms with Gasteiger partial charge < -0.3 is 22.1 Å². The molecule has 0 heterocycles. The number of carbonyl (C=O) groups is 2. The molecule has 8 nitrogen and oxygen atoms in total. The lowest BCUT2D eigenvalue weighted by Crippen LogP contribution is -2.16. The van der Waals surface area contributed by atoms with Crippen molar-refractivity contribution >= 4 is 47.3 Å². The van der Waals surface area contributed by atoms with Crippen molar-refractivity contribution in [3.05, 3.63) is 95.1 Å². The van der Waals surface area contributed by atoms with Crippen LogP contribution in [0.3, 0.4) is 0 Å². The Morgan fingerprint density at radius 2 is 0.968 bits per heavy atom. The van der Waals surface area contributed by atoms with Crippen molar-refractivity contribution < 1.29 is 9.59 Å². The largest absolute Gasteiger partial charge is 0.384 e. The van der Waals surface area contributed by atoms with E-state index in [9.17, 15) is 9.59 Å². The van der Waals surface area contributed by atoms with E-state index in [1.807, 2.05) is 0 Å². The van der Waals surface area contributed by atoms with Crippen LogP contribution in [-0.4, -0.2) is 23.5 Å². The summed E-state index contributed by atoms with van der Waals surface area (Å²) in [6.45, 7) is 0. The highest BCUT2D eigenvalue weighted by Gasteiger charge is 2.11. The van der Waals surface area contributed by atoms with Gasteiger partial charge in [0.2, 0.25) is 0 Å².